The Kier molecular flexibility index (Phi) is 5.90. The van der Waals surface area contributed by atoms with Gasteiger partial charge in [-0.3, -0.25) is 4.79 Å². The smallest absolute Gasteiger partial charge is 0.257 e. The van der Waals surface area contributed by atoms with Crippen LogP contribution in [0.15, 0.2) is 42.5 Å². The minimum absolute atomic E-state index is 0.168. The molecule has 1 saturated heterocycles. The number of carbonyl (C=O) groups excluding carboxylic acids is 1. The zero-order valence-electron chi connectivity index (χ0n) is 14.1. The second-order valence-corrected chi connectivity index (χ2v) is 6.18. The molecule has 1 heterocycles. The van der Waals surface area contributed by atoms with Crippen molar-refractivity contribution in [1.29, 1.82) is 0 Å². The third kappa shape index (κ3) is 4.23. The number of benzene rings is 2. The zero-order chi connectivity index (χ0) is 18.5. The monoisotopic (exact) mass is 365 g/mol. The van der Waals surface area contributed by atoms with Gasteiger partial charge in [-0.05, 0) is 24.3 Å². The predicted octanol–water partition coefficient (Wildman–Crippen LogP) is 1.49. The van der Waals surface area contributed by atoms with Gasteiger partial charge in [0.25, 0.3) is 5.91 Å². The quantitative estimate of drug-likeness (QED) is 0.843. The maximum Gasteiger partial charge on any atom is 0.257 e. The molecular formula is C19H20F3N2O2+. The molecule has 0 aromatic heterocycles. The minimum Gasteiger partial charge on any atom is -0.370 e. The van der Waals surface area contributed by atoms with Gasteiger partial charge in [0.05, 0.1) is 19.8 Å². The lowest BCUT2D eigenvalue weighted by atomic mass is 10.0. The van der Waals surface area contributed by atoms with Crippen LogP contribution in [0.3, 0.4) is 0 Å². The highest BCUT2D eigenvalue weighted by molar-refractivity contribution is 5.94. The number of quaternary nitrogens is 1. The summed E-state index contributed by atoms with van der Waals surface area (Å²) in [5.41, 5.74) is 0.250. The van der Waals surface area contributed by atoms with Gasteiger partial charge >= 0.3 is 0 Å². The number of nitrogens with one attached hydrogen (secondary N) is 2. The van der Waals surface area contributed by atoms with Gasteiger partial charge in [-0.2, -0.15) is 0 Å². The summed E-state index contributed by atoms with van der Waals surface area (Å²) in [6.07, 6.45) is 0. The van der Waals surface area contributed by atoms with Crippen LogP contribution >= 0.6 is 0 Å². The number of amides is 1. The molecule has 1 fully saturated rings. The van der Waals surface area contributed by atoms with E-state index in [9.17, 15) is 18.0 Å². The molecule has 1 atom stereocenters. The largest absolute Gasteiger partial charge is 0.370 e. The molecule has 1 aliphatic rings. The fourth-order valence-corrected chi connectivity index (χ4v) is 3.17. The molecule has 7 heteroatoms. The molecule has 0 radical (unpaired) electrons. The first-order chi connectivity index (χ1) is 12.6. The topological polar surface area (TPSA) is 42.8 Å². The van der Waals surface area contributed by atoms with Crippen LogP contribution < -0.4 is 10.2 Å². The van der Waals surface area contributed by atoms with E-state index in [-0.39, 0.29) is 18.4 Å². The minimum atomic E-state index is -0.903. The van der Waals surface area contributed by atoms with Crippen molar-refractivity contribution in [1.82, 2.24) is 5.32 Å². The standard InChI is InChI=1S/C19H19F3N2O2/c20-14-6-4-13(5-7-14)17(24-8-10-26-11-9-24)12-23-19(25)18-15(21)2-1-3-16(18)22/h1-7,17H,8-12H2,(H,23,25)/p+1/t17-/m0/s1. The molecule has 4 nitrogen and oxygen atoms in total. The van der Waals surface area contributed by atoms with Gasteiger partial charge in [0.1, 0.15) is 42.1 Å². The average molecular weight is 365 g/mol. The highest BCUT2D eigenvalue weighted by Gasteiger charge is 2.28. The number of ether oxygens (including phenoxy) is 1. The van der Waals surface area contributed by atoms with Crippen LogP contribution in [0.1, 0.15) is 22.0 Å². The van der Waals surface area contributed by atoms with Gasteiger partial charge in [-0.1, -0.05) is 18.2 Å². The Bertz CT molecular complexity index is 742. The van der Waals surface area contributed by atoms with Crippen molar-refractivity contribution in [2.24, 2.45) is 0 Å². The van der Waals surface area contributed by atoms with Crippen molar-refractivity contribution in [2.45, 2.75) is 6.04 Å². The molecular weight excluding hydrogens is 345 g/mol. The van der Waals surface area contributed by atoms with Crippen molar-refractivity contribution in [3.63, 3.8) is 0 Å². The lowest BCUT2D eigenvalue weighted by molar-refractivity contribution is -0.937. The molecule has 0 spiro atoms. The van der Waals surface area contributed by atoms with Crippen molar-refractivity contribution in [3.05, 3.63) is 71.0 Å². The molecule has 3 rings (SSSR count). The second-order valence-electron chi connectivity index (χ2n) is 6.18. The van der Waals surface area contributed by atoms with E-state index in [0.29, 0.717) is 13.2 Å². The zero-order valence-corrected chi connectivity index (χ0v) is 14.1. The third-order valence-corrected chi connectivity index (χ3v) is 4.56. The SMILES string of the molecule is O=C(NC[C@@H](c1ccc(F)cc1)[NH+]1CCOCC1)c1c(F)cccc1F. The molecule has 138 valence electrons. The van der Waals surface area contributed by atoms with Gasteiger partial charge in [-0.25, -0.2) is 13.2 Å². The van der Waals surface area contributed by atoms with Gasteiger partial charge in [0, 0.05) is 5.56 Å². The fraction of sp³-hybridized carbons (Fsp3) is 0.316. The highest BCUT2D eigenvalue weighted by atomic mass is 19.1. The van der Waals surface area contributed by atoms with Crippen molar-refractivity contribution >= 4 is 5.91 Å². The number of rotatable bonds is 5. The molecule has 26 heavy (non-hydrogen) atoms. The molecule has 0 aliphatic carbocycles. The first-order valence-corrected chi connectivity index (χ1v) is 8.46. The molecule has 1 aliphatic heterocycles. The summed E-state index contributed by atoms with van der Waals surface area (Å²) in [6.45, 7) is 2.80. The maximum atomic E-state index is 13.8. The summed E-state index contributed by atoms with van der Waals surface area (Å²) in [4.78, 5) is 13.4. The molecule has 0 unspecified atom stereocenters. The van der Waals surface area contributed by atoms with E-state index in [1.165, 1.54) is 18.2 Å². The van der Waals surface area contributed by atoms with Gasteiger partial charge in [0.2, 0.25) is 0 Å². The molecule has 2 aromatic rings. The van der Waals surface area contributed by atoms with Crippen LogP contribution in [0.2, 0.25) is 0 Å². The summed E-state index contributed by atoms with van der Waals surface area (Å²) in [5.74, 6) is -2.96. The van der Waals surface area contributed by atoms with Gasteiger partial charge in [0.15, 0.2) is 0 Å². The summed E-state index contributed by atoms with van der Waals surface area (Å²) < 4.78 is 46.2. The number of carbonyl (C=O) groups is 1. The molecule has 0 saturated carbocycles. The summed E-state index contributed by atoms with van der Waals surface area (Å²) in [6, 6.07) is 9.18. The molecule has 1 amide bonds. The second kappa shape index (κ2) is 8.33. The van der Waals surface area contributed by atoms with Crippen molar-refractivity contribution in [2.75, 3.05) is 32.8 Å². The Morgan fingerprint density at radius 3 is 2.27 bits per heavy atom. The Balaban J connectivity index is 1.77. The maximum absolute atomic E-state index is 13.8. The number of halogens is 3. The Morgan fingerprint density at radius 2 is 1.65 bits per heavy atom. The van der Waals surface area contributed by atoms with Crippen LogP contribution in [0, 0.1) is 17.5 Å². The number of morpholine rings is 1. The lowest BCUT2D eigenvalue weighted by Crippen LogP contribution is -3.15. The first-order valence-electron chi connectivity index (χ1n) is 8.46. The first kappa shape index (κ1) is 18.4. The van der Waals surface area contributed by atoms with E-state index >= 15 is 0 Å². The number of hydrogen-bond acceptors (Lipinski definition) is 2. The van der Waals surface area contributed by atoms with Crippen LogP contribution in [0.4, 0.5) is 13.2 Å². The summed E-state index contributed by atoms with van der Waals surface area (Å²) in [7, 11) is 0. The van der Waals surface area contributed by atoms with Gasteiger partial charge in [-0.15, -0.1) is 0 Å². The Morgan fingerprint density at radius 1 is 1.04 bits per heavy atom. The summed E-state index contributed by atoms with van der Waals surface area (Å²) >= 11 is 0. The van der Waals surface area contributed by atoms with Gasteiger partial charge < -0.3 is 15.0 Å². The summed E-state index contributed by atoms with van der Waals surface area (Å²) in [5, 5.41) is 2.62. The fourth-order valence-electron chi connectivity index (χ4n) is 3.17. The number of hydrogen-bond donors (Lipinski definition) is 2. The normalized spacial score (nSPS) is 16.3. The Hall–Kier alpha value is -2.38. The Labute approximate surface area is 149 Å². The van der Waals surface area contributed by atoms with Crippen LogP contribution in [-0.4, -0.2) is 38.8 Å². The van der Waals surface area contributed by atoms with E-state index in [2.05, 4.69) is 5.32 Å². The average Bonchev–Trinajstić information content (AvgIpc) is 2.64. The van der Waals surface area contributed by atoms with E-state index < -0.39 is 23.1 Å². The van der Waals surface area contributed by atoms with E-state index in [1.807, 2.05) is 0 Å². The highest BCUT2D eigenvalue weighted by Crippen LogP contribution is 2.14. The predicted molar refractivity (Wildman–Crippen MR) is 89.3 cm³/mol. The molecule has 0 bridgehead atoms. The van der Waals surface area contributed by atoms with E-state index in [0.717, 1.165) is 35.7 Å². The lowest BCUT2D eigenvalue weighted by Gasteiger charge is -2.32. The third-order valence-electron chi connectivity index (χ3n) is 4.56. The van der Waals surface area contributed by atoms with Crippen molar-refractivity contribution < 1.29 is 27.6 Å². The van der Waals surface area contributed by atoms with Crippen LogP contribution in [0.25, 0.3) is 0 Å². The molecule has 2 aromatic carbocycles. The van der Waals surface area contributed by atoms with Crippen LogP contribution in [-0.2, 0) is 4.74 Å². The van der Waals surface area contributed by atoms with E-state index in [4.69, 9.17) is 4.74 Å². The molecule has 2 N–H and O–H groups in total. The van der Waals surface area contributed by atoms with E-state index in [1.54, 1.807) is 12.1 Å². The van der Waals surface area contributed by atoms with Crippen LogP contribution in [0.5, 0.6) is 0 Å². The van der Waals surface area contributed by atoms with Crippen molar-refractivity contribution in [3.8, 4) is 0 Å².